The summed E-state index contributed by atoms with van der Waals surface area (Å²) in [6, 6.07) is 4.17. The highest BCUT2D eigenvalue weighted by molar-refractivity contribution is 6.34. The fraction of sp³-hybridized carbons (Fsp3) is 0.529. The van der Waals surface area contributed by atoms with Gasteiger partial charge in [0.15, 0.2) is 0 Å². The summed E-state index contributed by atoms with van der Waals surface area (Å²) in [5, 5.41) is 6.89. The highest BCUT2D eigenvalue weighted by atomic mass is 35.5. The standard InChI is InChI=1S/C17H22Cl2N2O4.ClH/c1-2-25-17(23)15(7-11-5-12(18)8-13(19)6-11)21-16(22)9-14-10-24-4-3-20-14;/h5-6,8,14-15,20H,2-4,7,9-10H2,1H3,(H,21,22);1H. The van der Waals surface area contributed by atoms with Crippen LogP contribution in [-0.2, 0) is 25.5 Å². The quantitative estimate of drug-likeness (QED) is 0.656. The summed E-state index contributed by atoms with van der Waals surface area (Å²) in [4.78, 5) is 24.5. The molecular formula is C17H23Cl3N2O4. The van der Waals surface area contributed by atoms with Crippen molar-refractivity contribution in [3.8, 4) is 0 Å². The van der Waals surface area contributed by atoms with Gasteiger partial charge in [-0.15, -0.1) is 12.4 Å². The molecule has 146 valence electrons. The van der Waals surface area contributed by atoms with Crippen molar-refractivity contribution in [2.45, 2.75) is 31.8 Å². The lowest BCUT2D eigenvalue weighted by molar-refractivity contribution is -0.147. The number of esters is 1. The summed E-state index contributed by atoms with van der Waals surface area (Å²) in [6.45, 7) is 3.77. The number of benzene rings is 1. The predicted octanol–water partition coefficient (Wildman–Crippen LogP) is 2.38. The van der Waals surface area contributed by atoms with Gasteiger partial charge in [-0.3, -0.25) is 4.79 Å². The second-order valence-electron chi connectivity index (χ2n) is 5.78. The van der Waals surface area contributed by atoms with E-state index in [1.165, 1.54) is 0 Å². The minimum atomic E-state index is -0.800. The second kappa shape index (κ2) is 11.6. The van der Waals surface area contributed by atoms with Crippen LogP contribution in [0.25, 0.3) is 0 Å². The van der Waals surface area contributed by atoms with Crippen molar-refractivity contribution in [3.05, 3.63) is 33.8 Å². The molecule has 1 amide bonds. The van der Waals surface area contributed by atoms with Gasteiger partial charge in [0.1, 0.15) is 6.04 Å². The molecule has 2 N–H and O–H groups in total. The first-order valence-corrected chi connectivity index (χ1v) is 8.95. The lowest BCUT2D eigenvalue weighted by Gasteiger charge is -2.24. The van der Waals surface area contributed by atoms with E-state index in [0.29, 0.717) is 29.8 Å². The number of rotatable bonds is 7. The summed E-state index contributed by atoms with van der Waals surface area (Å²) < 4.78 is 10.4. The molecule has 6 nitrogen and oxygen atoms in total. The van der Waals surface area contributed by atoms with Gasteiger partial charge in [-0.1, -0.05) is 23.2 Å². The van der Waals surface area contributed by atoms with Crippen molar-refractivity contribution in [1.82, 2.24) is 10.6 Å². The van der Waals surface area contributed by atoms with Crippen LogP contribution in [0.2, 0.25) is 10.0 Å². The van der Waals surface area contributed by atoms with Crippen LogP contribution in [0.4, 0.5) is 0 Å². The molecule has 2 unspecified atom stereocenters. The third-order valence-electron chi connectivity index (χ3n) is 3.70. The largest absolute Gasteiger partial charge is 0.464 e. The molecule has 1 aliphatic heterocycles. The smallest absolute Gasteiger partial charge is 0.328 e. The highest BCUT2D eigenvalue weighted by Gasteiger charge is 2.25. The van der Waals surface area contributed by atoms with Crippen LogP contribution in [0.5, 0.6) is 0 Å². The molecule has 1 heterocycles. The van der Waals surface area contributed by atoms with Crippen molar-refractivity contribution < 1.29 is 19.1 Å². The van der Waals surface area contributed by atoms with Crippen molar-refractivity contribution >= 4 is 47.5 Å². The molecule has 1 fully saturated rings. The summed E-state index contributed by atoms with van der Waals surface area (Å²) in [5.41, 5.74) is 0.745. The molecule has 0 saturated carbocycles. The van der Waals surface area contributed by atoms with Gasteiger partial charge < -0.3 is 20.1 Å². The SMILES string of the molecule is CCOC(=O)C(Cc1cc(Cl)cc(Cl)c1)NC(=O)CC1COCCN1.Cl. The van der Waals surface area contributed by atoms with Crippen molar-refractivity contribution in [2.75, 3.05) is 26.4 Å². The van der Waals surface area contributed by atoms with Gasteiger partial charge in [0.05, 0.1) is 19.8 Å². The molecule has 2 atom stereocenters. The molecule has 2 rings (SSSR count). The van der Waals surface area contributed by atoms with Crippen LogP contribution in [0.1, 0.15) is 18.9 Å². The van der Waals surface area contributed by atoms with Crippen LogP contribution >= 0.6 is 35.6 Å². The van der Waals surface area contributed by atoms with Crippen LogP contribution < -0.4 is 10.6 Å². The van der Waals surface area contributed by atoms with Crippen LogP contribution in [0.15, 0.2) is 18.2 Å². The molecule has 9 heteroatoms. The maximum atomic E-state index is 12.3. The lowest BCUT2D eigenvalue weighted by Crippen LogP contribution is -2.48. The Morgan fingerprint density at radius 3 is 2.62 bits per heavy atom. The number of ether oxygens (including phenoxy) is 2. The number of hydrogen-bond donors (Lipinski definition) is 2. The van der Waals surface area contributed by atoms with E-state index in [-0.39, 0.29) is 43.8 Å². The third kappa shape index (κ3) is 7.68. The first-order chi connectivity index (χ1) is 12.0. The Hall–Kier alpha value is -1.05. The first-order valence-electron chi connectivity index (χ1n) is 8.20. The molecule has 0 spiro atoms. The summed E-state index contributed by atoms with van der Waals surface area (Å²) >= 11 is 12.0. The van der Waals surface area contributed by atoms with Crippen molar-refractivity contribution in [3.63, 3.8) is 0 Å². The zero-order valence-corrected chi connectivity index (χ0v) is 16.8. The lowest BCUT2D eigenvalue weighted by atomic mass is 10.1. The van der Waals surface area contributed by atoms with Crippen LogP contribution in [0, 0.1) is 0 Å². The van der Waals surface area contributed by atoms with E-state index in [9.17, 15) is 9.59 Å². The molecule has 26 heavy (non-hydrogen) atoms. The molecule has 0 aliphatic carbocycles. The van der Waals surface area contributed by atoms with E-state index < -0.39 is 12.0 Å². The summed E-state index contributed by atoms with van der Waals surface area (Å²) in [5.74, 6) is -0.728. The Balaban J connectivity index is 0.00000338. The Kier molecular flexibility index (Phi) is 10.3. The van der Waals surface area contributed by atoms with Gasteiger partial charge in [-0.2, -0.15) is 0 Å². The van der Waals surface area contributed by atoms with Gasteiger partial charge in [0, 0.05) is 35.5 Å². The number of hydrogen-bond acceptors (Lipinski definition) is 5. The summed E-state index contributed by atoms with van der Waals surface area (Å²) in [7, 11) is 0. The molecule has 1 aromatic rings. The maximum absolute atomic E-state index is 12.3. The average molecular weight is 426 g/mol. The Labute approximate surface area is 169 Å². The normalized spacial score (nSPS) is 17.7. The van der Waals surface area contributed by atoms with E-state index in [0.717, 1.165) is 5.56 Å². The number of amides is 1. The minimum Gasteiger partial charge on any atom is -0.464 e. The monoisotopic (exact) mass is 424 g/mol. The Bertz CT molecular complexity index is 589. The summed E-state index contributed by atoms with van der Waals surface area (Å²) in [6.07, 6.45) is 0.478. The van der Waals surface area contributed by atoms with Crippen molar-refractivity contribution in [1.29, 1.82) is 0 Å². The molecule has 1 aromatic carbocycles. The molecular weight excluding hydrogens is 403 g/mol. The van der Waals surface area contributed by atoms with E-state index in [1.54, 1.807) is 25.1 Å². The maximum Gasteiger partial charge on any atom is 0.328 e. The molecule has 1 aliphatic rings. The van der Waals surface area contributed by atoms with Crippen molar-refractivity contribution in [2.24, 2.45) is 0 Å². The predicted molar refractivity (Wildman–Crippen MR) is 103 cm³/mol. The highest BCUT2D eigenvalue weighted by Crippen LogP contribution is 2.20. The first kappa shape index (κ1) is 23.0. The van der Waals surface area contributed by atoms with Gasteiger partial charge >= 0.3 is 5.97 Å². The van der Waals surface area contributed by atoms with E-state index >= 15 is 0 Å². The van der Waals surface area contributed by atoms with E-state index in [4.69, 9.17) is 32.7 Å². The number of carbonyl (C=O) groups is 2. The van der Waals surface area contributed by atoms with Gasteiger partial charge in [0.25, 0.3) is 0 Å². The fourth-order valence-electron chi connectivity index (χ4n) is 2.63. The van der Waals surface area contributed by atoms with E-state index in [2.05, 4.69) is 10.6 Å². The molecule has 0 radical (unpaired) electrons. The van der Waals surface area contributed by atoms with Gasteiger partial charge in [0.2, 0.25) is 5.91 Å². The second-order valence-corrected chi connectivity index (χ2v) is 6.66. The topological polar surface area (TPSA) is 76.7 Å². The van der Waals surface area contributed by atoms with Crippen LogP contribution in [-0.4, -0.2) is 50.3 Å². The Morgan fingerprint density at radius 1 is 1.35 bits per heavy atom. The van der Waals surface area contributed by atoms with Gasteiger partial charge in [-0.25, -0.2) is 4.79 Å². The van der Waals surface area contributed by atoms with Crippen LogP contribution in [0.3, 0.4) is 0 Å². The minimum absolute atomic E-state index is 0. The number of halogens is 3. The van der Waals surface area contributed by atoms with E-state index in [1.807, 2.05) is 0 Å². The molecule has 0 aromatic heterocycles. The molecule has 1 saturated heterocycles. The zero-order valence-electron chi connectivity index (χ0n) is 14.4. The fourth-order valence-corrected chi connectivity index (χ4v) is 3.20. The van der Waals surface area contributed by atoms with Gasteiger partial charge in [-0.05, 0) is 30.7 Å². The number of carbonyl (C=O) groups excluding carboxylic acids is 2. The average Bonchev–Trinajstić information content (AvgIpc) is 2.54. The Morgan fingerprint density at radius 2 is 2.04 bits per heavy atom. The number of morpholine rings is 1. The zero-order chi connectivity index (χ0) is 18.2. The molecule has 0 bridgehead atoms. The third-order valence-corrected chi connectivity index (χ3v) is 4.14. The number of nitrogens with one attached hydrogen (secondary N) is 2.